The first kappa shape index (κ1) is 35.4. The number of fused-ring (bicyclic) bond motifs is 13. The molecule has 4 aliphatic rings. The van der Waals surface area contributed by atoms with E-state index in [-0.39, 0.29) is 23.1 Å². The van der Waals surface area contributed by atoms with Crippen molar-refractivity contribution >= 4 is 77.7 Å². The standard InChI is InChI=1S/C55H49BN2S/c1-32-21-23-35(24-22-32)58-43-26-25-40-47(37-17-11-13-19-39(37)55(40,7)8)49(43)48-36-16-10-9-15-34(36)30-45-50(48)56(58)52-51(38-18-12-14-20-46(38)59-52)57(45)44-31-42-41(29-33(44)2)53(3,4)27-28-54(42,5)6/h9-26,29-31H,27-28H2,1-8H3. The van der Waals surface area contributed by atoms with Crippen LogP contribution in [0.5, 0.6) is 0 Å². The first-order valence-electron chi connectivity index (χ1n) is 21.5. The fourth-order valence-electron chi connectivity index (χ4n) is 11.6. The Balaban J connectivity index is 1.27. The molecule has 0 bridgehead atoms. The predicted octanol–water partition coefficient (Wildman–Crippen LogP) is 14.0. The summed E-state index contributed by atoms with van der Waals surface area (Å²) >= 11 is 1.98. The Kier molecular flexibility index (Phi) is 7.07. The molecule has 0 fully saturated rings. The van der Waals surface area contributed by atoms with Crippen LogP contribution in [0.15, 0.2) is 127 Å². The maximum atomic E-state index is 2.71. The number of benzene rings is 7. The third-order valence-corrected chi connectivity index (χ3v) is 16.1. The Morgan fingerprint density at radius 1 is 0.559 bits per heavy atom. The minimum Gasteiger partial charge on any atom is -0.376 e. The van der Waals surface area contributed by atoms with Gasteiger partial charge in [-0.25, -0.2) is 0 Å². The Labute approximate surface area is 353 Å². The zero-order valence-electron chi connectivity index (χ0n) is 35.4. The molecule has 0 radical (unpaired) electrons. The number of anilines is 5. The molecule has 0 saturated carbocycles. The molecular formula is C55H49BN2S. The van der Waals surface area contributed by atoms with E-state index in [0.29, 0.717) is 0 Å². The summed E-state index contributed by atoms with van der Waals surface area (Å²) in [5, 5.41) is 3.93. The van der Waals surface area contributed by atoms with Crippen molar-refractivity contribution in [2.24, 2.45) is 0 Å². The van der Waals surface area contributed by atoms with Crippen molar-refractivity contribution in [3.63, 3.8) is 0 Å². The van der Waals surface area contributed by atoms with E-state index in [1.54, 1.807) is 0 Å². The molecule has 59 heavy (non-hydrogen) atoms. The Morgan fingerprint density at radius 3 is 2.02 bits per heavy atom. The number of hydrogen-bond donors (Lipinski definition) is 0. The van der Waals surface area contributed by atoms with Gasteiger partial charge in [0.2, 0.25) is 0 Å². The molecule has 4 heteroatoms. The van der Waals surface area contributed by atoms with Gasteiger partial charge in [-0.2, -0.15) is 0 Å². The highest BCUT2D eigenvalue weighted by molar-refractivity contribution is 7.32. The lowest BCUT2D eigenvalue weighted by molar-refractivity contribution is 0.332. The largest absolute Gasteiger partial charge is 0.376 e. The molecular weight excluding hydrogens is 731 g/mol. The third kappa shape index (κ3) is 4.64. The quantitative estimate of drug-likeness (QED) is 0.161. The second-order valence-electron chi connectivity index (χ2n) is 19.7. The second kappa shape index (κ2) is 11.8. The normalized spacial score (nSPS) is 17.3. The van der Waals surface area contributed by atoms with E-state index in [1.807, 2.05) is 11.3 Å². The van der Waals surface area contributed by atoms with Crippen LogP contribution in [0.4, 0.5) is 28.4 Å². The predicted molar refractivity (Wildman–Crippen MR) is 255 cm³/mol. The summed E-state index contributed by atoms with van der Waals surface area (Å²) in [6.07, 6.45) is 2.38. The highest BCUT2D eigenvalue weighted by Gasteiger charge is 2.50. The zero-order chi connectivity index (χ0) is 40.3. The summed E-state index contributed by atoms with van der Waals surface area (Å²) in [7, 11) is 0. The monoisotopic (exact) mass is 780 g/mol. The van der Waals surface area contributed by atoms with Gasteiger partial charge in [0.1, 0.15) is 0 Å². The maximum absolute atomic E-state index is 2.71. The van der Waals surface area contributed by atoms with Crippen LogP contribution >= 0.6 is 11.3 Å². The summed E-state index contributed by atoms with van der Waals surface area (Å²) in [6.45, 7) is 19.2. The van der Waals surface area contributed by atoms with Crippen LogP contribution in [-0.2, 0) is 16.2 Å². The number of aryl methyl sites for hydroxylation is 2. The SMILES string of the molecule is Cc1ccc(N2B3c4sc5ccccc5c4N(c4cc5c(cc4C)C(C)(C)CCC5(C)C)c4cc5ccccc5c(c43)-c3c2ccc2c3-c3ccccc3C2(C)C)cc1. The van der Waals surface area contributed by atoms with Crippen LogP contribution in [0.3, 0.4) is 0 Å². The lowest BCUT2D eigenvalue weighted by Gasteiger charge is -2.47. The van der Waals surface area contributed by atoms with Gasteiger partial charge >= 0.3 is 6.85 Å². The molecule has 288 valence electrons. The molecule has 0 unspecified atom stereocenters. The summed E-state index contributed by atoms with van der Waals surface area (Å²) in [5.41, 5.74) is 21.8. The van der Waals surface area contributed by atoms with Gasteiger partial charge < -0.3 is 9.71 Å². The summed E-state index contributed by atoms with van der Waals surface area (Å²) in [6, 6.07) is 49.4. The molecule has 0 N–H and O–H groups in total. The molecule has 0 atom stereocenters. The van der Waals surface area contributed by atoms with E-state index in [0.717, 1.165) is 0 Å². The molecule has 2 nitrogen and oxygen atoms in total. The van der Waals surface area contributed by atoms with Gasteiger partial charge in [-0.15, -0.1) is 11.3 Å². The molecule has 2 aliphatic heterocycles. The smallest absolute Gasteiger partial charge is 0.343 e. The van der Waals surface area contributed by atoms with Gasteiger partial charge in [0.25, 0.3) is 0 Å². The molecule has 3 heterocycles. The van der Waals surface area contributed by atoms with E-state index < -0.39 is 0 Å². The maximum Gasteiger partial charge on any atom is 0.343 e. The van der Waals surface area contributed by atoms with Crippen LogP contribution in [0.1, 0.15) is 87.8 Å². The Hall–Kier alpha value is -5.58. The fraction of sp³-hybridized carbons (Fsp3) is 0.236. The summed E-state index contributed by atoms with van der Waals surface area (Å²) in [5.74, 6) is 0. The Bertz CT molecular complexity index is 3130. The average Bonchev–Trinajstić information content (AvgIpc) is 3.72. The van der Waals surface area contributed by atoms with Gasteiger partial charge in [-0.3, -0.25) is 0 Å². The first-order chi connectivity index (χ1) is 28.3. The van der Waals surface area contributed by atoms with Crippen molar-refractivity contribution in [2.45, 2.75) is 84.5 Å². The molecule has 0 amide bonds. The first-order valence-corrected chi connectivity index (χ1v) is 22.3. The zero-order valence-corrected chi connectivity index (χ0v) is 36.2. The van der Waals surface area contributed by atoms with Gasteiger partial charge in [-0.1, -0.05) is 138 Å². The molecule has 1 aromatic heterocycles. The second-order valence-corrected chi connectivity index (χ2v) is 20.7. The fourth-order valence-corrected chi connectivity index (χ4v) is 12.9. The van der Waals surface area contributed by atoms with Gasteiger partial charge in [-0.05, 0) is 135 Å². The van der Waals surface area contributed by atoms with E-state index in [2.05, 4.69) is 192 Å². The number of hydrogen-bond acceptors (Lipinski definition) is 3. The lowest BCUT2D eigenvalue weighted by atomic mass is 9.46. The molecule has 12 rings (SSSR count). The topological polar surface area (TPSA) is 6.48 Å². The minimum atomic E-state index is -0.122. The van der Waals surface area contributed by atoms with Crippen LogP contribution in [0.25, 0.3) is 43.1 Å². The van der Waals surface area contributed by atoms with Gasteiger partial charge in [0, 0.05) is 48.6 Å². The van der Waals surface area contributed by atoms with Crippen LogP contribution in [-0.4, -0.2) is 6.85 Å². The van der Waals surface area contributed by atoms with E-state index in [4.69, 9.17) is 0 Å². The summed E-state index contributed by atoms with van der Waals surface area (Å²) in [4.78, 5) is 5.42. The highest BCUT2D eigenvalue weighted by Crippen LogP contribution is 2.59. The van der Waals surface area contributed by atoms with Crippen molar-refractivity contribution in [3.05, 3.63) is 161 Å². The van der Waals surface area contributed by atoms with Crippen molar-refractivity contribution in [3.8, 4) is 22.3 Å². The van der Waals surface area contributed by atoms with Crippen molar-refractivity contribution in [1.82, 2.24) is 0 Å². The Morgan fingerprint density at radius 2 is 1.24 bits per heavy atom. The van der Waals surface area contributed by atoms with Crippen molar-refractivity contribution < 1.29 is 0 Å². The van der Waals surface area contributed by atoms with E-state index in [9.17, 15) is 0 Å². The molecule has 7 aromatic carbocycles. The minimum absolute atomic E-state index is 0.0283. The van der Waals surface area contributed by atoms with Gasteiger partial charge in [0.05, 0.1) is 5.69 Å². The van der Waals surface area contributed by atoms with Gasteiger partial charge in [0.15, 0.2) is 0 Å². The molecule has 2 aliphatic carbocycles. The van der Waals surface area contributed by atoms with E-state index in [1.165, 1.54) is 128 Å². The summed E-state index contributed by atoms with van der Waals surface area (Å²) < 4.78 is 2.73. The van der Waals surface area contributed by atoms with Crippen LogP contribution < -0.4 is 20.0 Å². The third-order valence-electron chi connectivity index (χ3n) is 14.9. The average molecular weight is 781 g/mol. The lowest BCUT2D eigenvalue weighted by Crippen LogP contribution is -2.60. The van der Waals surface area contributed by atoms with Crippen LogP contribution in [0, 0.1) is 13.8 Å². The number of rotatable bonds is 2. The number of thiophene rings is 1. The van der Waals surface area contributed by atoms with E-state index >= 15 is 0 Å². The molecule has 8 aromatic rings. The van der Waals surface area contributed by atoms with Crippen molar-refractivity contribution in [2.75, 3.05) is 9.71 Å². The molecule has 0 saturated heterocycles. The number of nitrogens with zero attached hydrogens (tertiary/aromatic N) is 2. The molecule has 0 spiro atoms. The van der Waals surface area contributed by atoms with Crippen LogP contribution in [0.2, 0.25) is 0 Å². The highest BCUT2D eigenvalue weighted by atomic mass is 32.1. The van der Waals surface area contributed by atoms with Crippen molar-refractivity contribution in [1.29, 1.82) is 0 Å².